The van der Waals surface area contributed by atoms with Crippen molar-refractivity contribution >= 4 is 157 Å². The molecule has 0 unspecified atom stereocenters. The number of aldehydes is 1. The highest BCUT2D eigenvalue weighted by Crippen LogP contribution is 2.36. The van der Waals surface area contributed by atoms with E-state index in [0.717, 1.165) is 104 Å². The lowest BCUT2D eigenvalue weighted by atomic mass is 9.99. The number of pyridine rings is 5. The molecular weight excluding hydrogens is 1470 g/mol. The molecule has 0 aliphatic rings. The van der Waals surface area contributed by atoms with Gasteiger partial charge < -0.3 is 16.6 Å². The fourth-order valence-electron chi connectivity index (χ4n) is 12.0. The number of rotatable bonds is 10. The molecule has 520 valence electrons. The number of fused-ring (bicyclic) bond motifs is 7. The zero-order valence-electron chi connectivity index (χ0n) is 56.2. The van der Waals surface area contributed by atoms with Gasteiger partial charge in [0.15, 0.2) is 17.6 Å². The number of para-hydroxylation sites is 5. The van der Waals surface area contributed by atoms with Gasteiger partial charge in [-0.25, -0.2) is 63.0 Å². The lowest BCUT2D eigenvalue weighted by molar-refractivity contribution is 0.112. The summed E-state index contributed by atoms with van der Waals surface area (Å²) in [6, 6.07) is 66.5. The number of hydrogen-bond donors (Lipinski definition) is 3. The van der Waals surface area contributed by atoms with Gasteiger partial charge >= 0.3 is 0 Å². The van der Waals surface area contributed by atoms with Crippen molar-refractivity contribution in [2.75, 3.05) is 11.5 Å². The standard InChI is InChI=1S/C29H23FN6.C22H16ClFN6.C10H7BrClN.C10H8ClNO.C10H6ClNO/c1-17-11-20(14-22(30)12-17)27-25-28(31)32-16-33-29(25)36(35-27)15-21-13-19-8-4-6-10-24(19)34-26(21)23-9-5-3-7-18(23)2;1-12-6-14(9-16(24)7-12)19-18-21(25)26-11-27-22(18)30(29-19)10-15-8-13-4-2-3-5-17(13)28-20(15)23;11-6-8-5-7-3-1-2-4-9(7)13-10(8)12;2*11-10-8(6-13)5-7-3-1-2-4-9(7)12-10/h3-14,16H,15H2,1-2H3,(H2,31,32,33);2-9,11H,10H2,1H3,(H2,25,26,27);1-5H,6H2;1-5,13H,6H2;1-6H. The van der Waals surface area contributed by atoms with E-state index in [4.69, 9.17) is 78.2 Å². The van der Waals surface area contributed by atoms with E-state index in [1.807, 2.05) is 166 Å². The van der Waals surface area contributed by atoms with Crippen molar-refractivity contribution in [3.8, 4) is 33.8 Å². The zero-order chi connectivity index (χ0) is 73.4. The van der Waals surface area contributed by atoms with E-state index >= 15 is 0 Å². The van der Waals surface area contributed by atoms with Crippen molar-refractivity contribution in [1.29, 1.82) is 0 Å². The number of nitrogen functional groups attached to an aromatic ring is 2. The maximum atomic E-state index is 14.3. The number of benzene rings is 8. The summed E-state index contributed by atoms with van der Waals surface area (Å²) in [5.74, 6) is -0.0848. The van der Waals surface area contributed by atoms with E-state index in [2.05, 4.69) is 93.1 Å². The summed E-state index contributed by atoms with van der Waals surface area (Å²) in [5, 5.41) is 27.1. The van der Waals surface area contributed by atoms with Crippen molar-refractivity contribution in [2.24, 2.45) is 0 Å². The molecule has 9 aromatic heterocycles. The number of carbonyl (C=O) groups is 1. The molecule has 0 fully saturated rings. The summed E-state index contributed by atoms with van der Waals surface area (Å²) < 4.78 is 31.8. The average molecular weight is 1540 g/mol. The second-order valence-corrected chi connectivity index (χ2v) is 26.3. The highest BCUT2D eigenvalue weighted by molar-refractivity contribution is 9.08. The van der Waals surface area contributed by atoms with Gasteiger partial charge in [0.2, 0.25) is 0 Å². The maximum Gasteiger partial charge on any atom is 0.164 e. The molecule has 9 heterocycles. The van der Waals surface area contributed by atoms with E-state index in [1.165, 1.54) is 36.9 Å². The van der Waals surface area contributed by atoms with Gasteiger partial charge in [-0.2, -0.15) is 10.2 Å². The largest absolute Gasteiger partial charge is 0.392 e. The molecule has 0 saturated heterocycles. The Bertz CT molecular complexity index is 6020. The Morgan fingerprint density at radius 2 is 0.819 bits per heavy atom. The van der Waals surface area contributed by atoms with Gasteiger partial charge in [0.05, 0.1) is 69.3 Å². The molecular formula is C81H60BrCl4F2N15O2. The molecule has 17 nitrogen and oxygen atoms in total. The number of nitrogens with zero attached hydrogens (tertiary/aromatic N) is 13. The minimum Gasteiger partial charge on any atom is -0.392 e. The molecule has 0 radical (unpaired) electrons. The molecule has 0 saturated carbocycles. The van der Waals surface area contributed by atoms with Crippen LogP contribution in [0.1, 0.15) is 49.3 Å². The third kappa shape index (κ3) is 16.2. The van der Waals surface area contributed by atoms with Crippen LogP contribution in [-0.4, -0.2) is 75.8 Å². The Kier molecular flexibility index (Phi) is 22.0. The molecule has 0 bridgehead atoms. The molecule has 8 aromatic carbocycles. The third-order valence-corrected chi connectivity index (χ3v) is 18.9. The van der Waals surface area contributed by atoms with E-state index in [1.54, 1.807) is 15.4 Å². The Morgan fingerprint density at radius 3 is 1.27 bits per heavy atom. The lowest BCUT2D eigenvalue weighted by Gasteiger charge is -2.13. The second-order valence-electron chi connectivity index (χ2n) is 24.3. The van der Waals surface area contributed by atoms with Crippen molar-refractivity contribution in [2.45, 2.75) is 45.8 Å². The smallest absolute Gasteiger partial charge is 0.164 e. The highest BCUT2D eigenvalue weighted by atomic mass is 79.9. The molecule has 105 heavy (non-hydrogen) atoms. The summed E-state index contributed by atoms with van der Waals surface area (Å²) in [6.45, 7) is 6.42. The van der Waals surface area contributed by atoms with Crippen LogP contribution in [0.3, 0.4) is 0 Å². The number of nitrogens with two attached hydrogens (primary N) is 2. The summed E-state index contributed by atoms with van der Waals surface area (Å²) in [4.78, 5) is 49.7. The van der Waals surface area contributed by atoms with E-state index in [9.17, 15) is 13.6 Å². The van der Waals surface area contributed by atoms with Crippen LogP contribution in [-0.2, 0) is 25.0 Å². The summed E-state index contributed by atoms with van der Waals surface area (Å²) in [5.41, 5.74) is 28.8. The first-order valence-electron chi connectivity index (χ1n) is 32.6. The minimum atomic E-state index is -0.343. The minimum absolute atomic E-state index is 0.0728. The highest BCUT2D eigenvalue weighted by Gasteiger charge is 2.23. The van der Waals surface area contributed by atoms with Crippen LogP contribution in [0.5, 0.6) is 0 Å². The third-order valence-electron chi connectivity index (χ3n) is 17.0. The monoisotopic (exact) mass is 1530 g/mol. The average Bonchev–Trinajstić information content (AvgIpc) is 1.63. The first kappa shape index (κ1) is 72.0. The number of alkyl halides is 1. The topological polar surface area (TPSA) is 241 Å². The SMILES string of the molecule is Cc1cc(F)cc(-c2nn(Cc3cc4ccccc4nc3-c3ccccc3C)c3ncnc(N)c23)c1.Cc1cc(F)cc(-c2nn(Cc3cc4ccccc4nc3Cl)c3ncnc(N)c23)c1.Clc1nc2ccccc2cc1CBr.O=Cc1cc2ccccc2nc1Cl.OCc1cc2ccccc2nc1Cl. The molecule has 0 atom stereocenters. The van der Waals surface area contributed by atoms with Gasteiger partial charge in [0.1, 0.15) is 67.9 Å². The van der Waals surface area contributed by atoms with Crippen LogP contribution in [0.25, 0.3) is 110 Å². The summed E-state index contributed by atoms with van der Waals surface area (Å²) in [6.07, 6.45) is 3.52. The number of carbonyl (C=O) groups excluding carboxylic acids is 1. The van der Waals surface area contributed by atoms with Crippen LogP contribution in [0.4, 0.5) is 20.4 Å². The Hall–Kier alpha value is -11.4. The van der Waals surface area contributed by atoms with Crippen molar-refractivity contribution in [3.05, 3.63) is 302 Å². The molecule has 0 amide bonds. The van der Waals surface area contributed by atoms with Crippen LogP contribution in [0.2, 0.25) is 20.6 Å². The van der Waals surface area contributed by atoms with Gasteiger partial charge in [-0.15, -0.1) is 0 Å². The second kappa shape index (κ2) is 32.1. The Morgan fingerprint density at radius 1 is 0.438 bits per heavy atom. The first-order valence-corrected chi connectivity index (χ1v) is 35.3. The number of anilines is 2. The lowest BCUT2D eigenvalue weighted by Crippen LogP contribution is -2.06. The van der Waals surface area contributed by atoms with Gasteiger partial charge in [-0.1, -0.05) is 178 Å². The molecule has 0 aliphatic heterocycles. The van der Waals surface area contributed by atoms with E-state index < -0.39 is 0 Å². The van der Waals surface area contributed by atoms with Crippen LogP contribution < -0.4 is 11.5 Å². The maximum absolute atomic E-state index is 14.3. The van der Waals surface area contributed by atoms with Crippen molar-refractivity contribution in [1.82, 2.24) is 64.4 Å². The molecule has 24 heteroatoms. The predicted molar refractivity (Wildman–Crippen MR) is 421 cm³/mol. The van der Waals surface area contributed by atoms with E-state index in [0.29, 0.717) is 96.4 Å². The van der Waals surface area contributed by atoms with Crippen LogP contribution >= 0.6 is 62.3 Å². The quantitative estimate of drug-likeness (QED) is 0.0655. The number of aryl methyl sites for hydroxylation is 3. The molecule has 17 rings (SSSR count). The molecule has 0 spiro atoms. The van der Waals surface area contributed by atoms with E-state index in [-0.39, 0.29) is 29.2 Å². The first-order chi connectivity index (χ1) is 50.9. The number of halogens is 7. The number of aromatic nitrogens is 13. The summed E-state index contributed by atoms with van der Waals surface area (Å²) >= 11 is 27.4. The van der Waals surface area contributed by atoms with Crippen molar-refractivity contribution in [3.63, 3.8) is 0 Å². The van der Waals surface area contributed by atoms with Gasteiger partial charge in [-0.05, 0) is 135 Å². The number of aliphatic hydroxyl groups is 1. The van der Waals surface area contributed by atoms with Gasteiger partial charge in [0.25, 0.3) is 0 Å². The molecule has 0 aliphatic carbocycles. The predicted octanol–water partition coefficient (Wildman–Crippen LogP) is 19.7. The Balaban J connectivity index is 0.000000126. The van der Waals surface area contributed by atoms with Crippen LogP contribution in [0.15, 0.2) is 225 Å². The van der Waals surface area contributed by atoms with Crippen molar-refractivity contribution < 1.29 is 18.7 Å². The fourth-order valence-corrected chi connectivity index (χ4v) is 13.4. The molecule has 5 N–H and O–H groups in total. The van der Waals surface area contributed by atoms with Gasteiger partial charge in [0, 0.05) is 71.2 Å². The molecule has 17 aromatic rings. The van der Waals surface area contributed by atoms with Crippen LogP contribution in [0, 0.1) is 32.4 Å². The normalized spacial score (nSPS) is 11.1. The zero-order valence-corrected chi connectivity index (χ0v) is 60.8. The fraction of sp³-hybridized carbons (Fsp3) is 0.0864. The number of hydrogen-bond acceptors (Lipinski definition) is 15. The Labute approximate surface area is 628 Å². The number of aliphatic hydroxyl groups excluding tert-OH is 1. The summed E-state index contributed by atoms with van der Waals surface area (Å²) in [7, 11) is 0. The van der Waals surface area contributed by atoms with Gasteiger partial charge in [-0.3, -0.25) is 4.79 Å².